The zero-order valence-electron chi connectivity index (χ0n) is 9.13. The van der Waals surface area contributed by atoms with E-state index < -0.39 is 12.1 Å². The fourth-order valence-electron chi connectivity index (χ4n) is 3.17. The largest absolute Gasteiger partial charge is 0.481 e. The molecule has 5 nitrogen and oxygen atoms in total. The van der Waals surface area contributed by atoms with Crippen molar-refractivity contribution in [2.75, 3.05) is 13.1 Å². The Morgan fingerprint density at radius 3 is 1.88 bits per heavy atom. The number of carboxylic acids is 1. The van der Waals surface area contributed by atoms with Gasteiger partial charge in [-0.15, -0.1) is 0 Å². The lowest BCUT2D eigenvalue weighted by molar-refractivity contribution is -0.148. The Morgan fingerprint density at radius 1 is 1.00 bits per heavy atom. The predicted octanol–water partition coefficient (Wildman–Crippen LogP) is 1.49. The van der Waals surface area contributed by atoms with E-state index in [2.05, 4.69) is 0 Å². The van der Waals surface area contributed by atoms with E-state index in [1.54, 1.807) is 0 Å². The van der Waals surface area contributed by atoms with Crippen LogP contribution in [-0.2, 0) is 4.79 Å². The van der Waals surface area contributed by atoms with Gasteiger partial charge in [0.25, 0.3) is 0 Å². The highest BCUT2D eigenvalue weighted by Gasteiger charge is 2.43. The number of hydrogen-bond donors (Lipinski definition) is 2. The molecule has 1 aliphatic heterocycles. The summed E-state index contributed by atoms with van der Waals surface area (Å²) >= 11 is 0. The number of nitrogens with zero attached hydrogens (tertiary/aromatic N) is 1. The molecule has 5 heteroatoms. The summed E-state index contributed by atoms with van der Waals surface area (Å²) in [7, 11) is 0. The number of piperidine rings is 1. The molecule has 1 saturated heterocycles. The van der Waals surface area contributed by atoms with Crippen LogP contribution in [0.2, 0.25) is 0 Å². The van der Waals surface area contributed by atoms with Gasteiger partial charge in [-0.25, -0.2) is 4.79 Å². The summed E-state index contributed by atoms with van der Waals surface area (Å²) in [6, 6.07) is 0. The number of rotatable bonds is 1. The molecule has 2 fully saturated rings. The fourth-order valence-corrected chi connectivity index (χ4v) is 3.17. The van der Waals surface area contributed by atoms with Crippen molar-refractivity contribution in [3.63, 3.8) is 0 Å². The van der Waals surface area contributed by atoms with Crippen molar-refractivity contribution < 1.29 is 19.8 Å². The maximum absolute atomic E-state index is 11.2. The second-order valence-corrected chi connectivity index (χ2v) is 4.86. The van der Waals surface area contributed by atoms with Crippen LogP contribution in [0.1, 0.15) is 25.7 Å². The Hall–Kier alpha value is -1.26. The number of carboxylic acid groups (broad SMARTS) is 2. The molecule has 2 atom stereocenters. The molecule has 1 heterocycles. The maximum atomic E-state index is 11.2. The van der Waals surface area contributed by atoms with Crippen molar-refractivity contribution in [2.24, 2.45) is 17.8 Å². The first-order valence-corrected chi connectivity index (χ1v) is 5.80. The lowest BCUT2D eigenvalue weighted by Crippen LogP contribution is -2.50. The molecule has 1 aliphatic carbocycles. The molecule has 2 bridgehead atoms. The van der Waals surface area contributed by atoms with Crippen LogP contribution in [0.3, 0.4) is 0 Å². The Bertz CT molecular complexity index is 288. The van der Waals surface area contributed by atoms with Crippen LogP contribution < -0.4 is 0 Å². The second kappa shape index (κ2) is 4.31. The Morgan fingerprint density at radius 2 is 1.50 bits per heavy atom. The van der Waals surface area contributed by atoms with Crippen molar-refractivity contribution >= 4 is 12.1 Å². The summed E-state index contributed by atoms with van der Waals surface area (Å²) in [5, 5.41) is 18.2. The molecular weight excluding hydrogens is 210 g/mol. The van der Waals surface area contributed by atoms with E-state index in [0.717, 1.165) is 25.7 Å². The summed E-state index contributed by atoms with van der Waals surface area (Å²) in [6.07, 6.45) is 2.83. The van der Waals surface area contributed by atoms with Crippen LogP contribution in [0.15, 0.2) is 0 Å². The molecule has 90 valence electrons. The third-order valence-electron chi connectivity index (χ3n) is 3.88. The lowest BCUT2D eigenvalue weighted by Gasteiger charge is -2.39. The van der Waals surface area contributed by atoms with E-state index in [4.69, 9.17) is 5.11 Å². The molecule has 1 saturated carbocycles. The predicted molar refractivity (Wildman–Crippen MR) is 56.2 cm³/mol. The third kappa shape index (κ3) is 1.99. The highest BCUT2D eigenvalue weighted by atomic mass is 16.4. The lowest BCUT2D eigenvalue weighted by atomic mass is 9.77. The molecule has 0 aromatic carbocycles. The van der Waals surface area contributed by atoms with Crippen LogP contribution in [0.4, 0.5) is 4.79 Å². The van der Waals surface area contributed by atoms with Crippen molar-refractivity contribution in [3.8, 4) is 0 Å². The number of likely N-dealkylation sites (tertiary alicyclic amines) is 1. The van der Waals surface area contributed by atoms with Gasteiger partial charge >= 0.3 is 12.1 Å². The van der Waals surface area contributed by atoms with Crippen molar-refractivity contribution in [1.82, 2.24) is 4.90 Å². The Kier molecular flexibility index (Phi) is 3.03. The van der Waals surface area contributed by atoms with Crippen LogP contribution in [0.5, 0.6) is 0 Å². The zero-order valence-corrected chi connectivity index (χ0v) is 9.13. The normalized spacial score (nSPS) is 34.2. The number of amides is 1. The van der Waals surface area contributed by atoms with Gasteiger partial charge in [0.15, 0.2) is 0 Å². The quantitative estimate of drug-likeness (QED) is 0.711. The van der Waals surface area contributed by atoms with E-state index in [0.29, 0.717) is 13.1 Å². The minimum atomic E-state index is -0.916. The van der Waals surface area contributed by atoms with Crippen molar-refractivity contribution in [1.29, 1.82) is 0 Å². The topological polar surface area (TPSA) is 77.8 Å². The maximum Gasteiger partial charge on any atom is 0.407 e. The SMILES string of the molecule is O=C(O)C1C2CCCCC1CN(C(=O)O)C2. The summed E-state index contributed by atoms with van der Waals surface area (Å²) in [4.78, 5) is 23.6. The average Bonchev–Trinajstić information content (AvgIpc) is 2.34. The van der Waals surface area contributed by atoms with E-state index in [-0.39, 0.29) is 17.8 Å². The van der Waals surface area contributed by atoms with Gasteiger partial charge in [-0.2, -0.15) is 0 Å². The molecule has 2 aliphatic rings. The van der Waals surface area contributed by atoms with Gasteiger partial charge in [-0.1, -0.05) is 12.8 Å². The minimum absolute atomic E-state index is 0.00912. The molecular formula is C11H17NO4. The van der Waals surface area contributed by atoms with Gasteiger partial charge < -0.3 is 15.1 Å². The van der Waals surface area contributed by atoms with E-state index in [9.17, 15) is 14.7 Å². The van der Waals surface area contributed by atoms with E-state index >= 15 is 0 Å². The van der Waals surface area contributed by atoms with Gasteiger partial charge in [0.05, 0.1) is 5.92 Å². The fraction of sp³-hybridized carbons (Fsp3) is 0.818. The Labute approximate surface area is 94.0 Å². The van der Waals surface area contributed by atoms with Gasteiger partial charge in [0.2, 0.25) is 0 Å². The zero-order chi connectivity index (χ0) is 11.7. The third-order valence-corrected chi connectivity index (χ3v) is 3.88. The molecule has 0 spiro atoms. The molecule has 0 aromatic heterocycles. The number of carbonyl (C=O) groups is 2. The molecule has 0 radical (unpaired) electrons. The number of aliphatic carboxylic acids is 1. The standard InChI is InChI=1S/C11H17NO4/c13-10(14)9-7-3-1-2-4-8(9)6-12(5-7)11(15)16/h7-9H,1-6H2,(H,13,14)(H,15,16). The van der Waals surface area contributed by atoms with Crippen molar-refractivity contribution in [2.45, 2.75) is 25.7 Å². The number of hydrogen-bond acceptors (Lipinski definition) is 2. The van der Waals surface area contributed by atoms with Crippen LogP contribution in [0, 0.1) is 17.8 Å². The van der Waals surface area contributed by atoms with Crippen LogP contribution >= 0.6 is 0 Å². The summed E-state index contributed by atoms with van der Waals surface area (Å²) in [5.41, 5.74) is 0. The highest BCUT2D eigenvalue weighted by molar-refractivity contribution is 5.72. The molecule has 2 N–H and O–H groups in total. The van der Waals surface area contributed by atoms with E-state index in [1.165, 1.54) is 4.90 Å². The van der Waals surface area contributed by atoms with Crippen LogP contribution in [0.25, 0.3) is 0 Å². The molecule has 2 unspecified atom stereocenters. The monoisotopic (exact) mass is 227 g/mol. The second-order valence-electron chi connectivity index (χ2n) is 4.86. The molecule has 16 heavy (non-hydrogen) atoms. The minimum Gasteiger partial charge on any atom is -0.481 e. The molecule has 2 rings (SSSR count). The first-order chi connectivity index (χ1) is 7.59. The molecule has 1 amide bonds. The van der Waals surface area contributed by atoms with E-state index in [1.807, 2.05) is 0 Å². The van der Waals surface area contributed by atoms with Gasteiger partial charge in [0.1, 0.15) is 0 Å². The summed E-state index contributed by atoms with van der Waals surface area (Å²) in [5.74, 6) is -1.07. The summed E-state index contributed by atoms with van der Waals surface area (Å²) < 4.78 is 0. The van der Waals surface area contributed by atoms with Gasteiger partial charge in [-0.05, 0) is 24.7 Å². The number of fused-ring (bicyclic) bond motifs is 2. The molecule has 0 aromatic rings. The van der Waals surface area contributed by atoms with Crippen molar-refractivity contribution in [3.05, 3.63) is 0 Å². The Balaban J connectivity index is 2.19. The highest BCUT2D eigenvalue weighted by Crippen LogP contribution is 2.38. The smallest absolute Gasteiger partial charge is 0.407 e. The van der Waals surface area contributed by atoms with Crippen LogP contribution in [-0.4, -0.2) is 40.3 Å². The van der Waals surface area contributed by atoms with Gasteiger partial charge in [0, 0.05) is 13.1 Å². The first kappa shape index (κ1) is 11.2. The van der Waals surface area contributed by atoms with Gasteiger partial charge in [-0.3, -0.25) is 4.79 Å². The average molecular weight is 227 g/mol. The summed E-state index contributed by atoms with van der Waals surface area (Å²) in [6.45, 7) is 0.783. The first-order valence-electron chi connectivity index (χ1n) is 5.80.